The van der Waals surface area contributed by atoms with E-state index in [0.717, 1.165) is 12.5 Å². The minimum Gasteiger partial charge on any atom is -0.317 e. The van der Waals surface area contributed by atoms with Crippen LogP contribution in [0.15, 0.2) is 15.9 Å². The molecule has 1 N–H and O–H groups in total. The first kappa shape index (κ1) is 12.6. The molecule has 0 radical (unpaired) electrons. The van der Waals surface area contributed by atoms with E-state index >= 15 is 0 Å². The van der Waals surface area contributed by atoms with Gasteiger partial charge >= 0.3 is 0 Å². The number of hydrogen-bond acceptors (Lipinski definition) is 3. The summed E-state index contributed by atoms with van der Waals surface area (Å²) in [6, 6.07) is 5.07. The van der Waals surface area contributed by atoms with E-state index in [2.05, 4.69) is 52.3 Å². The average Bonchev–Trinajstić information content (AvgIpc) is 2.64. The van der Waals surface area contributed by atoms with Crippen LogP contribution in [0.5, 0.6) is 0 Å². The van der Waals surface area contributed by atoms with Gasteiger partial charge in [0.05, 0.1) is 3.79 Å². The van der Waals surface area contributed by atoms with Crippen molar-refractivity contribution >= 4 is 27.3 Å². The summed E-state index contributed by atoms with van der Waals surface area (Å²) < 4.78 is 1.24. The van der Waals surface area contributed by atoms with Gasteiger partial charge in [-0.1, -0.05) is 6.92 Å². The molecule has 1 saturated heterocycles. The van der Waals surface area contributed by atoms with E-state index < -0.39 is 0 Å². The molecule has 2 heterocycles. The zero-order valence-electron chi connectivity index (χ0n) is 9.87. The lowest BCUT2D eigenvalue weighted by atomic mass is 9.94. The standard InChI is InChI=1S/C12H19BrN2S/c1-9-7-15(6-5-11(9)14-2)8-10-3-4-12(13)16-10/h3-4,9,11,14H,5-8H2,1-2H3. The van der Waals surface area contributed by atoms with Crippen LogP contribution >= 0.6 is 27.3 Å². The van der Waals surface area contributed by atoms with Crippen LogP contribution in [-0.2, 0) is 6.54 Å². The number of rotatable bonds is 3. The lowest BCUT2D eigenvalue weighted by Gasteiger charge is -2.36. The topological polar surface area (TPSA) is 15.3 Å². The van der Waals surface area contributed by atoms with Crippen LogP contribution in [0, 0.1) is 5.92 Å². The molecule has 4 heteroatoms. The smallest absolute Gasteiger partial charge is 0.0701 e. The largest absolute Gasteiger partial charge is 0.317 e. The molecule has 1 aliphatic rings. The minimum atomic E-state index is 0.700. The Morgan fingerprint density at radius 2 is 2.38 bits per heavy atom. The number of hydrogen-bond donors (Lipinski definition) is 1. The molecule has 0 saturated carbocycles. The van der Waals surface area contributed by atoms with Gasteiger partial charge in [-0.3, -0.25) is 4.90 Å². The van der Waals surface area contributed by atoms with Crippen molar-refractivity contribution in [2.45, 2.75) is 25.9 Å². The highest BCUT2D eigenvalue weighted by molar-refractivity contribution is 9.11. The predicted octanol–water partition coefficient (Wildman–Crippen LogP) is 2.94. The third-order valence-electron chi connectivity index (χ3n) is 3.37. The van der Waals surface area contributed by atoms with E-state index in [9.17, 15) is 0 Å². The molecule has 0 aliphatic carbocycles. The molecular formula is C12H19BrN2S. The van der Waals surface area contributed by atoms with Crippen molar-refractivity contribution in [1.82, 2.24) is 10.2 Å². The number of nitrogens with zero attached hydrogens (tertiary/aromatic N) is 1. The lowest BCUT2D eigenvalue weighted by Crippen LogP contribution is -2.46. The highest BCUT2D eigenvalue weighted by Crippen LogP contribution is 2.25. The molecule has 2 nitrogen and oxygen atoms in total. The average molecular weight is 303 g/mol. The normalized spacial score (nSPS) is 27.2. The second-order valence-corrected chi connectivity index (χ2v) is 7.15. The Kier molecular flexibility index (Phi) is 4.41. The molecule has 2 rings (SSSR count). The molecule has 0 aromatic carbocycles. The lowest BCUT2D eigenvalue weighted by molar-refractivity contribution is 0.146. The first-order valence-corrected chi connectivity index (χ1v) is 7.44. The highest BCUT2D eigenvalue weighted by Gasteiger charge is 2.24. The SMILES string of the molecule is CNC1CCN(Cc2ccc(Br)s2)CC1C. The van der Waals surface area contributed by atoms with Crippen molar-refractivity contribution in [3.63, 3.8) is 0 Å². The third-order valence-corrected chi connectivity index (χ3v) is 4.98. The molecular weight excluding hydrogens is 284 g/mol. The van der Waals surface area contributed by atoms with Crippen molar-refractivity contribution in [2.24, 2.45) is 5.92 Å². The van der Waals surface area contributed by atoms with Gasteiger partial charge < -0.3 is 5.32 Å². The second-order valence-electron chi connectivity index (χ2n) is 4.60. The van der Waals surface area contributed by atoms with Gasteiger partial charge in [0.25, 0.3) is 0 Å². The molecule has 0 amide bonds. The second kappa shape index (κ2) is 5.63. The number of piperidine rings is 1. The number of nitrogens with one attached hydrogen (secondary N) is 1. The fourth-order valence-corrected chi connectivity index (χ4v) is 3.99. The van der Waals surface area contributed by atoms with E-state index in [-0.39, 0.29) is 0 Å². The van der Waals surface area contributed by atoms with Gasteiger partial charge in [-0.25, -0.2) is 0 Å². The van der Waals surface area contributed by atoms with E-state index in [4.69, 9.17) is 0 Å². The molecule has 2 unspecified atom stereocenters. The summed E-state index contributed by atoms with van der Waals surface area (Å²) in [5, 5.41) is 3.41. The summed E-state index contributed by atoms with van der Waals surface area (Å²) in [5.74, 6) is 0.752. The Morgan fingerprint density at radius 3 is 2.94 bits per heavy atom. The van der Waals surface area contributed by atoms with Crippen molar-refractivity contribution in [2.75, 3.05) is 20.1 Å². The molecule has 1 aromatic heterocycles. The van der Waals surface area contributed by atoms with Crippen LogP contribution in [0.3, 0.4) is 0 Å². The summed E-state index contributed by atoms with van der Waals surface area (Å²) in [6.07, 6.45) is 1.27. The quantitative estimate of drug-likeness (QED) is 0.923. The van der Waals surface area contributed by atoms with E-state index in [1.807, 2.05) is 11.3 Å². The zero-order chi connectivity index (χ0) is 11.5. The van der Waals surface area contributed by atoms with Crippen LogP contribution in [0.4, 0.5) is 0 Å². The number of halogens is 1. The van der Waals surface area contributed by atoms with E-state index in [1.165, 1.54) is 28.2 Å². The Balaban J connectivity index is 1.88. The van der Waals surface area contributed by atoms with Crippen LogP contribution < -0.4 is 5.32 Å². The molecule has 2 atom stereocenters. The Hall–Kier alpha value is 0.1000. The number of likely N-dealkylation sites (tertiary alicyclic amines) is 1. The van der Waals surface area contributed by atoms with Crippen molar-refractivity contribution in [3.8, 4) is 0 Å². The Bertz CT molecular complexity index is 340. The van der Waals surface area contributed by atoms with Crippen molar-refractivity contribution in [1.29, 1.82) is 0 Å². The van der Waals surface area contributed by atoms with Gasteiger partial charge in [0.15, 0.2) is 0 Å². The maximum atomic E-state index is 3.52. The van der Waals surface area contributed by atoms with Gasteiger partial charge in [-0.2, -0.15) is 0 Å². The fourth-order valence-electron chi connectivity index (χ4n) is 2.46. The zero-order valence-corrected chi connectivity index (χ0v) is 12.3. The maximum Gasteiger partial charge on any atom is 0.0701 e. The molecule has 90 valence electrons. The van der Waals surface area contributed by atoms with Crippen molar-refractivity contribution < 1.29 is 0 Å². The predicted molar refractivity (Wildman–Crippen MR) is 73.9 cm³/mol. The maximum absolute atomic E-state index is 3.52. The summed E-state index contributed by atoms with van der Waals surface area (Å²) in [7, 11) is 2.08. The monoisotopic (exact) mass is 302 g/mol. The fraction of sp³-hybridized carbons (Fsp3) is 0.667. The molecule has 1 aromatic rings. The van der Waals surface area contributed by atoms with Gasteiger partial charge in [-0.05, 0) is 47.4 Å². The van der Waals surface area contributed by atoms with Crippen LogP contribution in [0.1, 0.15) is 18.2 Å². The van der Waals surface area contributed by atoms with Crippen LogP contribution in [0.2, 0.25) is 0 Å². The summed E-state index contributed by atoms with van der Waals surface area (Å²) in [6.45, 7) is 5.88. The molecule has 16 heavy (non-hydrogen) atoms. The van der Waals surface area contributed by atoms with Gasteiger partial charge in [0, 0.05) is 30.6 Å². The molecule has 1 fully saturated rings. The first-order chi connectivity index (χ1) is 7.69. The van der Waals surface area contributed by atoms with Crippen LogP contribution in [-0.4, -0.2) is 31.1 Å². The minimum absolute atomic E-state index is 0.700. The van der Waals surface area contributed by atoms with E-state index in [0.29, 0.717) is 6.04 Å². The van der Waals surface area contributed by atoms with Gasteiger partial charge in [-0.15, -0.1) is 11.3 Å². The number of thiophene rings is 1. The highest BCUT2D eigenvalue weighted by atomic mass is 79.9. The molecule has 0 bridgehead atoms. The van der Waals surface area contributed by atoms with Gasteiger partial charge in [0.2, 0.25) is 0 Å². The summed E-state index contributed by atoms with van der Waals surface area (Å²) in [4.78, 5) is 4.03. The van der Waals surface area contributed by atoms with Crippen LogP contribution in [0.25, 0.3) is 0 Å². The van der Waals surface area contributed by atoms with Crippen molar-refractivity contribution in [3.05, 3.63) is 20.8 Å². The third kappa shape index (κ3) is 3.06. The Labute approximate surface area is 110 Å². The molecule has 0 spiro atoms. The Morgan fingerprint density at radius 1 is 1.56 bits per heavy atom. The van der Waals surface area contributed by atoms with Gasteiger partial charge in [0.1, 0.15) is 0 Å². The summed E-state index contributed by atoms with van der Waals surface area (Å²) >= 11 is 5.37. The first-order valence-electron chi connectivity index (χ1n) is 5.83. The summed E-state index contributed by atoms with van der Waals surface area (Å²) in [5.41, 5.74) is 0. The van der Waals surface area contributed by atoms with E-state index in [1.54, 1.807) is 0 Å². The molecule has 1 aliphatic heterocycles.